The third-order valence-corrected chi connectivity index (χ3v) is 5.62. The van der Waals surface area contributed by atoms with Crippen molar-refractivity contribution >= 4 is 17.7 Å². The van der Waals surface area contributed by atoms with Crippen LogP contribution in [0.1, 0.15) is 16.7 Å². The Bertz CT molecular complexity index is 1060. The summed E-state index contributed by atoms with van der Waals surface area (Å²) in [5.41, 5.74) is 2.50. The van der Waals surface area contributed by atoms with Gasteiger partial charge in [0.25, 0.3) is 0 Å². The van der Waals surface area contributed by atoms with E-state index >= 15 is 0 Å². The first kappa shape index (κ1) is 22.6. The third kappa shape index (κ3) is 5.95. The van der Waals surface area contributed by atoms with Gasteiger partial charge in [-0.1, -0.05) is 36.4 Å². The van der Waals surface area contributed by atoms with E-state index in [1.54, 1.807) is 13.0 Å². The molecule has 0 saturated carbocycles. The van der Waals surface area contributed by atoms with Crippen molar-refractivity contribution < 1.29 is 32.9 Å². The fraction of sp³-hybridized carbons (Fsp3) is 0.174. The maximum atomic E-state index is 12.7. The van der Waals surface area contributed by atoms with Gasteiger partial charge in [0.05, 0.1) is 5.56 Å². The van der Waals surface area contributed by atoms with Gasteiger partial charge in [-0.2, -0.15) is 13.2 Å². The normalized spacial score (nSPS) is 11.4. The van der Waals surface area contributed by atoms with Gasteiger partial charge < -0.3 is 14.9 Å². The number of carboxylic acid groups (broad SMARTS) is 1. The average molecular weight is 448 g/mol. The highest BCUT2D eigenvalue weighted by Gasteiger charge is 2.29. The Hall–Kier alpha value is -3.13. The molecule has 3 aromatic carbocycles. The van der Waals surface area contributed by atoms with Crippen LogP contribution in [0, 0.1) is 6.92 Å². The minimum Gasteiger partial charge on any atom is -0.507 e. The maximum absolute atomic E-state index is 12.7. The first-order chi connectivity index (χ1) is 14.6. The highest BCUT2D eigenvalue weighted by Crippen LogP contribution is 2.36. The van der Waals surface area contributed by atoms with Crippen LogP contribution < -0.4 is 4.74 Å². The Balaban J connectivity index is 1.65. The molecule has 3 rings (SSSR count). The van der Waals surface area contributed by atoms with E-state index in [0.29, 0.717) is 27.5 Å². The molecule has 0 heterocycles. The molecule has 0 fully saturated rings. The highest BCUT2D eigenvalue weighted by atomic mass is 32.2. The van der Waals surface area contributed by atoms with Crippen LogP contribution >= 0.6 is 11.8 Å². The summed E-state index contributed by atoms with van der Waals surface area (Å²) >= 11 is 1.41. The van der Waals surface area contributed by atoms with Crippen LogP contribution in [0.4, 0.5) is 13.2 Å². The minimum absolute atomic E-state index is 0.00244. The lowest BCUT2D eigenvalue weighted by atomic mass is 10.0. The number of hydrogen-bond donors (Lipinski definition) is 2. The summed E-state index contributed by atoms with van der Waals surface area (Å²) < 4.78 is 43.2. The van der Waals surface area contributed by atoms with Crippen LogP contribution in [0.5, 0.6) is 11.5 Å². The van der Waals surface area contributed by atoms with Gasteiger partial charge >= 0.3 is 12.1 Å². The Morgan fingerprint density at radius 3 is 2.13 bits per heavy atom. The van der Waals surface area contributed by atoms with Crippen LogP contribution in [-0.4, -0.2) is 22.8 Å². The van der Waals surface area contributed by atoms with Crippen molar-refractivity contribution in [2.45, 2.75) is 23.7 Å². The molecular formula is C23H19F3O4S. The molecule has 0 bridgehead atoms. The lowest BCUT2D eigenvalue weighted by molar-refractivity contribution is -0.139. The van der Waals surface area contributed by atoms with E-state index in [1.165, 1.54) is 30.0 Å². The Labute approximate surface area is 181 Å². The van der Waals surface area contributed by atoms with Crippen molar-refractivity contribution in [1.29, 1.82) is 0 Å². The predicted molar refractivity (Wildman–Crippen MR) is 112 cm³/mol. The molecule has 0 saturated heterocycles. The van der Waals surface area contributed by atoms with E-state index in [2.05, 4.69) is 0 Å². The number of carboxylic acids is 1. The molecule has 0 aliphatic carbocycles. The van der Waals surface area contributed by atoms with Crippen molar-refractivity contribution in [3.05, 3.63) is 77.4 Å². The molecule has 2 N–H and O–H groups in total. The van der Waals surface area contributed by atoms with Crippen molar-refractivity contribution in [3.8, 4) is 22.6 Å². The van der Waals surface area contributed by atoms with E-state index in [0.717, 1.165) is 23.3 Å². The van der Waals surface area contributed by atoms with Crippen LogP contribution in [0.15, 0.2) is 65.6 Å². The molecule has 0 spiro atoms. The molecule has 31 heavy (non-hydrogen) atoms. The Morgan fingerprint density at radius 1 is 1.00 bits per heavy atom. The van der Waals surface area contributed by atoms with E-state index in [9.17, 15) is 23.1 Å². The molecule has 4 nitrogen and oxygen atoms in total. The predicted octanol–water partition coefficient (Wildman–Crippen LogP) is 6.14. The van der Waals surface area contributed by atoms with Gasteiger partial charge in [0.15, 0.2) is 6.61 Å². The number of aryl methyl sites for hydroxylation is 1. The van der Waals surface area contributed by atoms with Crippen molar-refractivity contribution in [1.82, 2.24) is 0 Å². The highest BCUT2D eigenvalue weighted by molar-refractivity contribution is 7.98. The summed E-state index contributed by atoms with van der Waals surface area (Å²) in [5.74, 6) is -0.227. The van der Waals surface area contributed by atoms with Gasteiger partial charge in [0, 0.05) is 16.7 Å². The molecule has 0 aliphatic heterocycles. The number of aliphatic carboxylic acids is 1. The van der Waals surface area contributed by atoms with Crippen LogP contribution in [-0.2, 0) is 16.7 Å². The Morgan fingerprint density at radius 2 is 1.58 bits per heavy atom. The molecule has 8 heteroatoms. The summed E-state index contributed by atoms with van der Waals surface area (Å²) in [6.45, 7) is 1.28. The first-order valence-electron chi connectivity index (χ1n) is 9.21. The van der Waals surface area contributed by atoms with Crippen LogP contribution in [0.3, 0.4) is 0 Å². The monoisotopic (exact) mass is 448 g/mol. The smallest absolute Gasteiger partial charge is 0.416 e. The number of benzene rings is 3. The quantitative estimate of drug-likeness (QED) is 0.425. The summed E-state index contributed by atoms with van der Waals surface area (Å²) in [7, 11) is 0. The van der Waals surface area contributed by atoms with Gasteiger partial charge in [0.1, 0.15) is 11.5 Å². The topological polar surface area (TPSA) is 66.8 Å². The molecule has 3 aromatic rings. The van der Waals surface area contributed by atoms with E-state index in [-0.39, 0.29) is 5.75 Å². The van der Waals surface area contributed by atoms with Gasteiger partial charge in [-0.05, 0) is 47.4 Å². The summed E-state index contributed by atoms with van der Waals surface area (Å²) in [4.78, 5) is 11.3. The third-order valence-electron chi connectivity index (χ3n) is 4.50. The zero-order chi connectivity index (χ0) is 22.6. The molecule has 0 amide bonds. The number of thioether (sulfide) groups is 1. The summed E-state index contributed by atoms with van der Waals surface area (Å²) in [5, 5.41) is 18.9. The lowest BCUT2D eigenvalue weighted by Crippen LogP contribution is -2.10. The summed E-state index contributed by atoms with van der Waals surface area (Å²) in [6.07, 6.45) is -4.36. The number of ether oxygens (including phenoxy) is 1. The first-order valence-corrected chi connectivity index (χ1v) is 10.2. The second-order valence-corrected chi connectivity index (χ2v) is 7.85. The van der Waals surface area contributed by atoms with Crippen LogP contribution in [0.2, 0.25) is 0 Å². The second kappa shape index (κ2) is 9.34. The number of halogens is 3. The SMILES string of the molecule is Cc1cc(SCc2ccc(-c3ccc(C(F)(F)F)cc3)cc2)c(O)cc1OCC(=O)O. The standard InChI is InChI=1S/C23H19F3O4S/c1-14-10-21(19(27)11-20(14)30-12-22(28)29)31-13-15-2-4-16(5-3-15)17-6-8-18(9-7-17)23(24,25)26/h2-11,27H,12-13H2,1H3,(H,28,29). The number of phenolic OH excluding ortho intramolecular Hbond substituents is 1. The average Bonchev–Trinajstić information content (AvgIpc) is 2.73. The van der Waals surface area contributed by atoms with Gasteiger partial charge in [-0.3, -0.25) is 0 Å². The maximum Gasteiger partial charge on any atom is 0.416 e. The number of rotatable bonds is 7. The van der Waals surface area contributed by atoms with Gasteiger partial charge in [-0.15, -0.1) is 11.8 Å². The number of phenols is 1. The molecular weight excluding hydrogens is 429 g/mol. The zero-order valence-corrected chi connectivity index (χ0v) is 17.3. The molecule has 0 unspecified atom stereocenters. The number of alkyl halides is 3. The molecule has 162 valence electrons. The van der Waals surface area contributed by atoms with Gasteiger partial charge in [-0.25, -0.2) is 4.79 Å². The largest absolute Gasteiger partial charge is 0.507 e. The van der Waals surface area contributed by atoms with E-state index < -0.39 is 24.3 Å². The fourth-order valence-corrected chi connectivity index (χ4v) is 3.85. The molecule has 0 aliphatic rings. The number of aromatic hydroxyl groups is 1. The minimum atomic E-state index is -4.36. The zero-order valence-electron chi connectivity index (χ0n) is 16.4. The van der Waals surface area contributed by atoms with Gasteiger partial charge in [0.2, 0.25) is 0 Å². The lowest BCUT2D eigenvalue weighted by Gasteiger charge is -2.11. The fourth-order valence-electron chi connectivity index (χ4n) is 2.87. The number of hydrogen-bond acceptors (Lipinski definition) is 4. The molecule has 0 aromatic heterocycles. The van der Waals surface area contributed by atoms with Crippen LogP contribution in [0.25, 0.3) is 11.1 Å². The van der Waals surface area contributed by atoms with E-state index in [1.807, 2.05) is 24.3 Å². The molecule has 0 radical (unpaired) electrons. The second-order valence-electron chi connectivity index (χ2n) is 6.83. The van der Waals surface area contributed by atoms with E-state index in [4.69, 9.17) is 9.84 Å². The molecule has 0 atom stereocenters. The Kier molecular flexibility index (Phi) is 6.80. The van der Waals surface area contributed by atoms with Crippen molar-refractivity contribution in [2.24, 2.45) is 0 Å². The van der Waals surface area contributed by atoms with Crippen molar-refractivity contribution in [3.63, 3.8) is 0 Å². The summed E-state index contributed by atoms with van der Waals surface area (Å²) in [6, 6.07) is 15.6. The van der Waals surface area contributed by atoms with Crippen molar-refractivity contribution in [2.75, 3.05) is 6.61 Å². The number of carbonyl (C=O) groups is 1.